The first-order chi connectivity index (χ1) is 17.1. The number of pyridine rings is 1. The number of carbonyl (C=O) groups is 1. The molecule has 1 heterocycles. The highest BCUT2D eigenvalue weighted by Gasteiger charge is 2.17. The number of aryl methyl sites for hydroxylation is 2. The summed E-state index contributed by atoms with van der Waals surface area (Å²) < 4.78 is 7.07. The Morgan fingerprint density at radius 2 is 1.49 bits per heavy atom. The van der Waals surface area contributed by atoms with Crippen molar-refractivity contribution in [2.75, 3.05) is 6.61 Å². The van der Waals surface area contributed by atoms with E-state index in [4.69, 9.17) is 9.84 Å². The first-order valence-electron chi connectivity index (χ1n) is 11.8. The van der Waals surface area contributed by atoms with Gasteiger partial charge in [0.15, 0.2) is 6.61 Å². The second-order valence-electron chi connectivity index (χ2n) is 8.54. The van der Waals surface area contributed by atoms with Crippen molar-refractivity contribution in [1.29, 1.82) is 0 Å². The van der Waals surface area contributed by atoms with E-state index in [1.54, 1.807) is 16.7 Å². The zero-order valence-electron chi connectivity index (χ0n) is 19.5. The van der Waals surface area contributed by atoms with Gasteiger partial charge in [-0.05, 0) is 53.6 Å². The van der Waals surface area contributed by atoms with E-state index in [9.17, 15) is 9.59 Å². The smallest absolute Gasteiger partial charge is 0.341 e. The molecule has 4 rings (SSSR count). The van der Waals surface area contributed by atoms with Crippen LogP contribution < -0.4 is 10.3 Å². The zero-order valence-corrected chi connectivity index (χ0v) is 19.5. The highest BCUT2D eigenvalue weighted by molar-refractivity contribution is 5.68. The second-order valence-corrected chi connectivity index (χ2v) is 8.54. The largest absolute Gasteiger partial charge is 0.482 e. The van der Waals surface area contributed by atoms with Crippen molar-refractivity contribution in [2.45, 2.75) is 31.7 Å². The molecule has 0 aliphatic rings. The highest BCUT2D eigenvalue weighted by atomic mass is 16.5. The van der Waals surface area contributed by atoms with Crippen LogP contribution in [-0.4, -0.2) is 22.2 Å². The van der Waals surface area contributed by atoms with E-state index in [-0.39, 0.29) is 18.1 Å². The molecule has 3 aromatic carbocycles. The van der Waals surface area contributed by atoms with E-state index in [1.807, 2.05) is 66.9 Å². The second kappa shape index (κ2) is 11.8. The van der Waals surface area contributed by atoms with E-state index in [2.05, 4.69) is 24.3 Å². The summed E-state index contributed by atoms with van der Waals surface area (Å²) in [6, 6.07) is 31.8. The minimum atomic E-state index is -0.996. The molecule has 178 valence electrons. The number of hydrogen-bond donors (Lipinski definition) is 1. The highest BCUT2D eigenvalue weighted by Crippen LogP contribution is 2.31. The third-order valence-electron chi connectivity index (χ3n) is 5.98. The molecule has 0 amide bonds. The maximum Gasteiger partial charge on any atom is 0.341 e. The summed E-state index contributed by atoms with van der Waals surface area (Å²) in [6.45, 7) is 0.286. The van der Waals surface area contributed by atoms with Gasteiger partial charge in [-0.3, -0.25) is 4.79 Å². The van der Waals surface area contributed by atoms with E-state index in [1.165, 1.54) is 11.1 Å². The predicted molar refractivity (Wildman–Crippen MR) is 137 cm³/mol. The van der Waals surface area contributed by atoms with Crippen LogP contribution in [0.2, 0.25) is 0 Å². The van der Waals surface area contributed by atoms with Crippen molar-refractivity contribution in [2.24, 2.45) is 0 Å². The van der Waals surface area contributed by atoms with Gasteiger partial charge in [0.25, 0.3) is 5.56 Å². The summed E-state index contributed by atoms with van der Waals surface area (Å²) in [5, 5.41) is 8.78. The van der Waals surface area contributed by atoms with Crippen molar-refractivity contribution in [1.82, 2.24) is 4.57 Å². The van der Waals surface area contributed by atoms with Crippen LogP contribution in [0.15, 0.2) is 108 Å². The SMILES string of the molecule is O=C(O)COc1cccc(CCCCn2cc(C(c3ccccc3)c3ccccc3)ccc2=O)c1. The standard InChI is InChI=1S/C30H29NO4/c32-28-18-17-26(30(24-12-3-1-4-13-24)25-14-5-2-6-15-25)21-31(28)19-8-7-10-23-11-9-16-27(20-23)35-22-29(33)34/h1-6,9,11-18,20-21,30H,7-8,10,19,22H2,(H,33,34). The number of aromatic nitrogens is 1. The number of carboxylic acid groups (broad SMARTS) is 1. The molecule has 0 radical (unpaired) electrons. The molecule has 0 saturated carbocycles. The van der Waals surface area contributed by atoms with Gasteiger partial charge in [0.1, 0.15) is 5.75 Å². The molecule has 0 saturated heterocycles. The van der Waals surface area contributed by atoms with Gasteiger partial charge in [0.2, 0.25) is 0 Å². The maximum atomic E-state index is 12.6. The van der Waals surface area contributed by atoms with Gasteiger partial charge in [0, 0.05) is 24.7 Å². The molecule has 0 atom stereocenters. The summed E-state index contributed by atoms with van der Waals surface area (Å²) in [6.07, 6.45) is 4.58. The number of unbranched alkanes of at least 4 members (excludes halogenated alkanes) is 1. The van der Waals surface area contributed by atoms with Crippen molar-refractivity contribution in [3.05, 3.63) is 136 Å². The third kappa shape index (κ3) is 6.70. The van der Waals surface area contributed by atoms with Gasteiger partial charge >= 0.3 is 5.97 Å². The number of aliphatic carboxylic acids is 1. The molecular formula is C30H29NO4. The lowest BCUT2D eigenvalue weighted by Gasteiger charge is -2.20. The van der Waals surface area contributed by atoms with Crippen LogP contribution >= 0.6 is 0 Å². The molecule has 4 aromatic rings. The summed E-state index contributed by atoms with van der Waals surface area (Å²) in [4.78, 5) is 23.3. The van der Waals surface area contributed by atoms with Gasteiger partial charge < -0.3 is 14.4 Å². The Hall–Kier alpha value is -4.12. The van der Waals surface area contributed by atoms with Gasteiger partial charge in [-0.2, -0.15) is 0 Å². The Balaban J connectivity index is 1.44. The summed E-state index contributed by atoms with van der Waals surface area (Å²) >= 11 is 0. The molecule has 1 N–H and O–H groups in total. The van der Waals surface area contributed by atoms with Gasteiger partial charge in [-0.1, -0.05) is 78.9 Å². The topological polar surface area (TPSA) is 68.5 Å². The van der Waals surface area contributed by atoms with Crippen molar-refractivity contribution >= 4 is 5.97 Å². The fourth-order valence-electron chi connectivity index (χ4n) is 4.31. The molecule has 0 bridgehead atoms. The Morgan fingerprint density at radius 1 is 0.800 bits per heavy atom. The Labute approximate surface area is 205 Å². The van der Waals surface area contributed by atoms with Gasteiger partial charge in [-0.15, -0.1) is 0 Å². The summed E-state index contributed by atoms with van der Waals surface area (Å²) in [7, 11) is 0. The molecule has 0 aliphatic heterocycles. The van der Waals surface area contributed by atoms with Crippen LogP contribution in [0.3, 0.4) is 0 Å². The van der Waals surface area contributed by atoms with Crippen molar-refractivity contribution in [3.8, 4) is 5.75 Å². The molecule has 5 heteroatoms. The van der Waals surface area contributed by atoms with Crippen LogP contribution in [0.5, 0.6) is 5.75 Å². The monoisotopic (exact) mass is 467 g/mol. The van der Waals surface area contributed by atoms with E-state index in [0.29, 0.717) is 12.3 Å². The van der Waals surface area contributed by atoms with Crippen LogP contribution in [0, 0.1) is 0 Å². The lowest BCUT2D eigenvalue weighted by molar-refractivity contribution is -0.139. The Morgan fingerprint density at radius 3 is 2.14 bits per heavy atom. The van der Waals surface area contributed by atoms with Gasteiger partial charge in [-0.25, -0.2) is 4.79 Å². The minimum Gasteiger partial charge on any atom is -0.482 e. The average molecular weight is 468 g/mol. The fourth-order valence-corrected chi connectivity index (χ4v) is 4.31. The fraction of sp³-hybridized carbons (Fsp3) is 0.200. The normalized spacial score (nSPS) is 10.9. The van der Waals surface area contributed by atoms with E-state index < -0.39 is 5.97 Å². The quantitative estimate of drug-likeness (QED) is 0.295. The number of carboxylic acids is 1. The van der Waals surface area contributed by atoms with Crippen LogP contribution in [0.1, 0.15) is 41.0 Å². The van der Waals surface area contributed by atoms with Gasteiger partial charge in [0.05, 0.1) is 0 Å². The third-order valence-corrected chi connectivity index (χ3v) is 5.98. The Bertz CT molecular complexity index is 1260. The molecular weight excluding hydrogens is 438 g/mol. The first-order valence-corrected chi connectivity index (χ1v) is 11.8. The molecule has 0 unspecified atom stereocenters. The predicted octanol–water partition coefficient (Wildman–Crippen LogP) is 5.51. The maximum absolute atomic E-state index is 12.6. The summed E-state index contributed by atoms with van der Waals surface area (Å²) in [5.41, 5.74) is 4.55. The van der Waals surface area contributed by atoms with Crippen molar-refractivity contribution in [3.63, 3.8) is 0 Å². The van der Waals surface area contributed by atoms with Crippen LogP contribution in [-0.2, 0) is 17.8 Å². The number of benzene rings is 3. The zero-order chi connectivity index (χ0) is 24.5. The number of nitrogens with zero attached hydrogens (tertiary/aromatic N) is 1. The van der Waals surface area contributed by atoms with E-state index >= 15 is 0 Å². The molecule has 0 fully saturated rings. The summed E-state index contributed by atoms with van der Waals surface area (Å²) in [5.74, 6) is -0.385. The Kier molecular flexibility index (Phi) is 8.12. The molecule has 0 spiro atoms. The minimum absolute atomic E-state index is 0.00214. The number of ether oxygens (including phenoxy) is 1. The lowest BCUT2D eigenvalue weighted by Crippen LogP contribution is -2.20. The van der Waals surface area contributed by atoms with E-state index in [0.717, 1.165) is 30.4 Å². The molecule has 0 aliphatic carbocycles. The number of hydrogen-bond acceptors (Lipinski definition) is 3. The van der Waals surface area contributed by atoms with Crippen molar-refractivity contribution < 1.29 is 14.6 Å². The van der Waals surface area contributed by atoms with Crippen LogP contribution in [0.25, 0.3) is 0 Å². The molecule has 1 aromatic heterocycles. The number of rotatable bonds is 11. The lowest BCUT2D eigenvalue weighted by atomic mass is 9.86. The first kappa shape index (κ1) is 24.0. The molecule has 35 heavy (non-hydrogen) atoms. The van der Waals surface area contributed by atoms with Crippen LogP contribution in [0.4, 0.5) is 0 Å². The molecule has 5 nitrogen and oxygen atoms in total. The average Bonchev–Trinajstić information content (AvgIpc) is 2.89.